The van der Waals surface area contributed by atoms with E-state index >= 15 is 0 Å². The Labute approximate surface area is 126 Å². The van der Waals surface area contributed by atoms with Crippen LogP contribution in [0, 0.1) is 0 Å². The predicted molar refractivity (Wildman–Crippen MR) is 85.7 cm³/mol. The largest absolute Gasteiger partial charge is 0.652 e. The summed E-state index contributed by atoms with van der Waals surface area (Å²) in [6, 6.07) is 21.7. The third-order valence-electron chi connectivity index (χ3n) is 4.79. The van der Waals surface area contributed by atoms with Crippen molar-refractivity contribution in [3.8, 4) is 0 Å². The molecule has 0 unspecified atom stereocenters. The van der Waals surface area contributed by atoms with E-state index in [1.54, 1.807) is 0 Å². The van der Waals surface area contributed by atoms with Gasteiger partial charge in [0.1, 0.15) is 6.21 Å². The second kappa shape index (κ2) is 4.85. The highest BCUT2D eigenvalue weighted by molar-refractivity contribution is 6.42. The van der Waals surface area contributed by atoms with Gasteiger partial charge < -0.3 is 4.65 Å². The van der Waals surface area contributed by atoms with Crippen LogP contribution >= 0.6 is 0 Å². The molecule has 0 bridgehead atoms. The molecule has 2 aliphatic heterocycles. The van der Waals surface area contributed by atoms with Gasteiger partial charge in [0, 0.05) is 19.7 Å². The van der Waals surface area contributed by atoms with Crippen LogP contribution in [0.4, 0.5) is 0 Å². The molecule has 1 fully saturated rings. The molecule has 1 saturated heterocycles. The zero-order valence-electron chi connectivity index (χ0n) is 12.3. The molecule has 4 rings (SSSR count). The first kappa shape index (κ1) is 12.8. The Bertz CT molecular complexity index is 629. The summed E-state index contributed by atoms with van der Waals surface area (Å²) < 4.78 is 8.99. The van der Waals surface area contributed by atoms with E-state index in [2.05, 4.69) is 78.2 Å². The second-order valence-electron chi connectivity index (χ2n) is 5.91. The minimum Gasteiger partial charge on any atom is -0.353 e. The number of nitrogens with zero attached hydrogens (tertiary/aromatic N) is 1. The fourth-order valence-corrected chi connectivity index (χ4v) is 3.94. The summed E-state index contributed by atoms with van der Waals surface area (Å²) in [7, 11) is 0.123. The number of benzene rings is 2. The lowest BCUT2D eigenvalue weighted by atomic mass is 9.79. The molecule has 0 saturated carbocycles. The first-order chi connectivity index (χ1) is 10.3. The van der Waals surface area contributed by atoms with Crippen molar-refractivity contribution in [2.45, 2.75) is 31.3 Å². The molecule has 2 nitrogen and oxygen atoms in total. The van der Waals surface area contributed by atoms with Gasteiger partial charge in [-0.15, -0.1) is 0 Å². The highest BCUT2D eigenvalue weighted by atomic mass is 16.5. The molecular weight excluding hydrogens is 257 g/mol. The molecule has 0 aliphatic carbocycles. The number of fused-ring (bicyclic) bond motifs is 1. The third kappa shape index (κ3) is 1.81. The summed E-state index contributed by atoms with van der Waals surface area (Å²) in [5.74, 6) is 0. The summed E-state index contributed by atoms with van der Waals surface area (Å²) in [6.07, 6.45) is 4.59. The van der Waals surface area contributed by atoms with Crippen LogP contribution in [0.15, 0.2) is 60.7 Å². The number of rotatable bonds is 2. The van der Waals surface area contributed by atoms with Crippen molar-refractivity contribution in [1.82, 2.24) is 0 Å². The van der Waals surface area contributed by atoms with Gasteiger partial charge in [-0.1, -0.05) is 60.7 Å². The number of hydrogen-bond acceptors (Lipinski definition) is 1. The molecule has 2 heterocycles. The molecule has 0 aromatic heterocycles. The highest BCUT2D eigenvalue weighted by Crippen LogP contribution is 2.46. The van der Waals surface area contributed by atoms with Crippen LogP contribution in [0.25, 0.3) is 0 Å². The van der Waals surface area contributed by atoms with Gasteiger partial charge in [0.15, 0.2) is 11.6 Å². The second-order valence-corrected chi connectivity index (χ2v) is 5.91. The van der Waals surface area contributed by atoms with Crippen molar-refractivity contribution in [3.05, 3.63) is 71.8 Å². The lowest BCUT2D eigenvalue weighted by Crippen LogP contribution is -2.39. The highest BCUT2D eigenvalue weighted by Gasteiger charge is 2.62. The predicted octanol–water partition coefficient (Wildman–Crippen LogP) is 3.32. The Balaban J connectivity index is 1.95. The molecule has 21 heavy (non-hydrogen) atoms. The van der Waals surface area contributed by atoms with Crippen LogP contribution in [0.1, 0.15) is 24.0 Å². The van der Waals surface area contributed by atoms with Crippen molar-refractivity contribution in [2.24, 2.45) is 0 Å². The normalized spacial score (nSPS) is 23.0. The minimum absolute atomic E-state index is 0.123. The first-order valence-electron chi connectivity index (χ1n) is 7.72. The molecule has 1 atom stereocenters. The van der Waals surface area contributed by atoms with E-state index in [-0.39, 0.29) is 12.7 Å². The quantitative estimate of drug-likeness (QED) is 0.766. The van der Waals surface area contributed by atoms with Crippen LogP contribution in [0.3, 0.4) is 0 Å². The Kier molecular flexibility index (Phi) is 2.97. The van der Waals surface area contributed by atoms with Gasteiger partial charge in [0.05, 0.1) is 0 Å². The summed E-state index contributed by atoms with van der Waals surface area (Å²) >= 11 is 0. The molecule has 0 radical (unpaired) electrons. The van der Waals surface area contributed by atoms with Gasteiger partial charge in [-0.2, -0.15) is 0 Å². The van der Waals surface area contributed by atoms with Gasteiger partial charge in [0.2, 0.25) is 0 Å². The Morgan fingerprint density at radius 2 is 1.57 bits per heavy atom. The lowest BCUT2D eigenvalue weighted by Gasteiger charge is -2.31. The topological polar surface area (TPSA) is 12.2 Å². The molecule has 0 N–H and O–H groups in total. The maximum Gasteiger partial charge on any atom is 0.652 e. The average molecular weight is 276 g/mol. The monoisotopic (exact) mass is 276 g/mol. The Hall–Kier alpha value is -1.87. The standard InChI is InChI=1S/C18H19BNO/c1-19-20-14-8-13-17(20)18(21-19,15-9-4-2-5-10-15)16-11-6-3-7-12-16/h2-7,9-12,14,17H,8,13H2,1H3/q+1/t17-/m1/s1. The summed E-state index contributed by atoms with van der Waals surface area (Å²) in [5.41, 5.74) is 2.16. The number of hydrogen-bond donors (Lipinski definition) is 0. The minimum atomic E-state index is -0.352. The summed E-state index contributed by atoms with van der Waals surface area (Å²) in [5, 5.41) is 0. The fourth-order valence-electron chi connectivity index (χ4n) is 3.94. The van der Waals surface area contributed by atoms with Crippen LogP contribution in [-0.2, 0) is 10.3 Å². The first-order valence-corrected chi connectivity index (χ1v) is 7.72. The molecule has 104 valence electrons. The van der Waals surface area contributed by atoms with Gasteiger partial charge in [-0.25, -0.2) is 0 Å². The van der Waals surface area contributed by atoms with Gasteiger partial charge >= 0.3 is 7.05 Å². The summed E-state index contributed by atoms with van der Waals surface area (Å²) in [6.45, 7) is 2.16. The Morgan fingerprint density at radius 3 is 2.14 bits per heavy atom. The van der Waals surface area contributed by atoms with E-state index in [9.17, 15) is 0 Å². The van der Waals surface area contributed by atoms with Gasteiger partial charge in [0.25, 0.3) is 0 Å². The summed E-state index contributed by atoms with van der Waals surface area (Å²) in [4.78, 5) is 0. The average Bonchev–Trinajstić information content (AvgIpc) is 3.13. The zero-order chi connectivity index (χ0) is 14.3. The molecule has 0 spiro atoms. The zero-order valence-corrected chi connectivity index (χ0v) is 12.3. The van der Waals surface area contributed by atoms with Crippen LogP contribution < -0.4 is 0 Å². The third-order valence-corrected chi connectivity index (χ3v) is 4.79. The van der Waals surface area contributed by atoms with Crippen molar-refractivity contribution >= 4 is 13.3 Å². The van der Waals surface area contributed by atoms with Crippen LogP contribution in [0.2, 0.25) is 6.82 Å². The van der Waals surface area contributed by atoms with E-state index in [0.29, 0.717) is 6.04 Å². The fraction of sp³-hybridized carbons (Fsp3) is 0.278. The molecule has 0 amide bonds. The van der Waals surface area contributed by atoms with Gasteiger partial charge in [-0.3, -0.25) is 4.49 Å². The van der Waals surface area contributed by atoms with Crippen molar-refractivity contribution in [2.75, 3.05) is 0 Å². The molecule has 3 heteroatoms. The molecule has 2 aliphatic rings. The molecule has 2 aromatic rings. The van der Waals surface area contributed by atoms with E-state index < -0.39 is 0 Å². The maximum atomic E-state index is 6.58. The smallest absolute Gasteiger partial charge is 0.353 e. The van der Waals surface area contributed by atoms with Crippen molar-refractivity contribution in [3.63, 3.8) is 0 Å². The van der Waals surface area contributed by atoms with Crippen molar-refractivity contribution in [1.29, 1.82) is 0 Å². The molecular formula is C18H19BNO+. The van der Waals surface area contributed by atoms with Crippen molar-refractivity contribution < 1.29 is 9.14 Å². The van der Waals surface area contributed by atoms with E-state index in [0.717, 1.165) is 12.8 Å². The van der Waals surface area contributed by atoms with E-state index in [1.807, 2.05) is 0 Å². The van der Waals surface area contributed by atoms with Gasteiger partial charge in [-0.05, 0) is 11.1 Å². The maximum absolute atomic E-state index is 6.58. The lowest BCUT2D eigenvalue weighted by molar-refractivity contribution is -0.419. The molecule has 2 aromatic carbocycles. The SMILES string of the molecule is CB1OC(c2ccccc2)(c2ccccc2)[C@H]2CCC=[N+]12. The van der Waals surface area contributed by atoms with E-state index in [1.165, 1.54) is 11.1 Å². The van der Waals surface area contributed by atoms with Crippen LogP contribution in [0.5, 0.6) is 0 Å². The van der Waals surface area contributed by atoms with Crippen LogP contribution in [-0.4, -0.2) is 23.8 Å². The Morgan fingerprint density at radius 1 is 1.00 bits per heavy atom. The van der Waals surface area contributed by atoms with E-state index in [4.69, 9.17) is 4.65 Å².